The van der Waals surface area contributed by atoms with Crippen molar-refractivity contribution in [3.63, 3.8) is 0 Å². The summed E-state index contributed by atoms with van der Waals surface area (Å²) in [6.07, 6.45) is -4.21. The lowest BCUT2D eigenvalue weighted by atomic mass is 10.00. The van der Waals surface area contributed by atoms with Crippen molar-refractivity contribution in [2.45, 2.75) is 90.7 Å². The van der Waals surface area contributed by atoms with Crippen LogP contribution < -0.4 is 26.2 Å². The van der Waals surface area contributed by atoms with Gasteiger partial charge in [-0.2, -0.15) is 26.3 Å². The zero-order valence-corrected chi connectivity index (χ0v) is 22.3. The Balaban J connectivity index is 0.00000205. The second kappa shape index (κ2) is 11.9. The fourth-order valence-electron chi connectivity index (χ4n) is 5.32. The first-order valence-electron chi connectivity index (χ1n) is 13.2. The zero-order valence-electron chi connectivity index (χ0n) is 22.3. The van der Waals surface area contributed by atoms with E-state index >= 15 is 0 Å². The number of amides is 1. The Morgan fingerprint density at radius 2 is 1.79 bits per heavy atom. The molecule has 1 aliphatic heterocycles. The second-order valence-corrected chi connectivity index (χ2v) is 9.50. The van der Waals surface area contributed by atoms with E-state index in [4.69, 9.17) is 0 Å². The van der Waals surface area contributed by atoms with Crippen molar-refractivity contribution < 1.29 is 31.1 Å². The number of H-pyrrole nitrogens is 1. The lowest BCUT2D eigenvalue weighted by molar-refractivity contribution is -0.136. The number of alkyl halides is 6. The molecule has 5 nitrogen and oxygen atoms in total. The Morgan fingerprint density at radius 3 is 2.41 bits per heavy atom. The fraction of sp³-hybridized carbons (Fsp3) is 0.500. The molecule has 1 aromatic heterocycles. The maximum atomic E-state index is 14.0. The van der Waals surface area contributed by atoms with Gasteiger partial charge >= 0.3 is 12.4 Å². The monoisotopic (exact) mass is 557 g/mol. The van der Waals surface area contributed by atoms with Crippen molar-refractivity contribution >= 4 is 28.9 Å². The molecule has 2 N–H and O–H groups in total. The van der Waals surface area contributed by atoms with Crippen molar-refractivity contribution in [3.05, 3.63) is 56.3 Å². The van der Waals surface area contributed by atoms with Crippen molar-refractivity contribution in [1.82, 2.24) is 4.98 Å². The molecule has 39 heavy (non-hydrogen) atoms. The number of rotatable bonds is 5. The number of nitrogens with one attached hydrogen (secondary N) is 2. The van der Waals surface area contributed by atoms with Gasteiger partial charge in [-0.1, -0.05) is 33.3 Å². The number of hydrogen-bond acceptors (Lipinski definition) is 3. The number of pyridine rings is 1. The Labute approximate surface area is 222 Å². The van der Waals surface area contributed by atoms with Gasteiger partial charge in [0.25, 0.3) is 5.91 Å². The number of fused-ring (bicyclic) bond motifs is 1. The SMILES string of the molecule is CC.CCCC1CCC(C)N1c1ccc(NC(=O)c2c[nH]c3c(c2=O)=C(C(F)(F)F)CCC=3)c(C(F)(F)F)c1. The van der Waals surface area contributed by atoms with Crippen molar-refractivity contribution in [2.24, 2.45) is 0 Å². The van der Waals surface area contributed by atoms with Gasteiger partial charge in [0.15, 0.2) is 0 Å². The fourth-order valence-corrected chi connectivity index (χ4v) is 5.32. The van der Waals surface area contributed by atoms with Gasteiger partial charge in [-0.15, -0.1) is 0 Å². The highest BCUT2D eigenvalue weighted by molar-refractivity contribution is 6.04. The van der Waals surface area contributed by atoms with Crippen LogP contribution in [0.1, 0.15) is 82.1 Å². The van der Waals surface area contributed by atoms with Crippen LogP contribution in [0.2, 0.25) is 0 Å². The first-order chi connectivity index (χ1) is 18.3. The molecule has 11 heteroatoms. The Bertz CT molecular complexity index is 1380. The molecule has 0 saturated carbocycles. The third-order valence-electron chi connectivity index (χ3n) is 7.01. The van der Waals surface area contributed by atoms with Crippen LogP contribution in [-0.2, 0) is 6.18 Å². The van der Waals surface area contributed by atoms with E-state index in [2.05, 4.69) is 10.3 Å². The first-order valence-corrected chi connectivity index (χ1v) is 13.2. The van der Waals surface area contributed by atoms with Gasteiger partial charge in [0.2, 0.25) is 5.43 Å². The van der Waals surface area contributed by atoms with Crippen LogP contribution >= 0.6 is 0 Å². The number of aromatic nitrogens is 1. The van der Waals surface area contributed by atoms with Gasteiger partial charge in [-0.25, -0.2) is 0 Å². The summed E-state index contributed by atoms with van der Waals surface area (Å²) >= 11 is 0. The van der Waals surface area contributed by atoms with Gasteiger partial charge in [0.1, 0.15) is 5.56 Å². The van der Waals surface area contributed by atoms with E-state index in [9.17, 15) is 35.9 Å². The molecule has 0 bridgehead atoms. The van der Waals surface area contributed by atoms with Crippen LogP contribution in [0.5, 0.6) is 0 Å². The molecule has 2 heterocycles. The number of nitrogens with zero attached hydrogens (tertiary/aromatic N) is 1. The quantitative estimate of drug-likeness (QED) is 0.436. The highest BCUT2D eigenvalue weighted by Crippen LogP contribution is 2.40. The van der Waals surface area contributed by atoms with E-state index in [0.29, 0.717) is 5.69 Å². The summed E-state index contributed by atoms with van der Waals surface area (Å²) in [6.45, 7) is 7.96. The molecule has 1 aliphatic carbocycles. The first kappa shape index (κ1) is 30.3. The van der Waals surface area contributed by atoms with Crippen molar-refractivity contribution in [2.75, 3.05) is 10.2 Å². The highest BCUT2D eigenvalue weighted by atomic mass is 19.4. The summed E-state index contributed by atoms with van der Waals surface area (Å²) in [4.78, 5) is 30.2. The van der Waals surface area contributed by atoms with Gasteiger partial charge in [-0.05, 0) is 57.2 Å². The molecule has 2 unspecified atom stereocenters. The molecule has 2 aromatic rings. The third-order valence-corrected chi connectivity index (χ3v) is 7.01. The molecule has 1 saturated heterocycles. The Kier molecular flexibility index (Phi) is 9.23. The summed E-state index contributed by atoms with van der Waals surface area (Å²) in [5, 5.41) is 1.36. The van der Waals surface area contributed by atoms with Crippen molar-refractivity contribution in [1.29, 1.82) is 0 Å². The maximum absolute atomic E-state index is 14.0. The minimum atomic E-state index is -4.82. The number of anilines is 2. The third kappa shape index (κ3) is 6.33. The van der Waals surface area contributed by atoms with Crippen LogP contribution in [0.4, 0.5) is 37.7 Å². The van der Waals surface area contributed by atoms with Gasteiger partial charge in [0.05, 0.1) is 16.5 Å². The molecule has 214 valence electrons. The standard InChI is InChI=1S/C26H27F6N3O2.C2H6/c1-3-5-15-9-8-14(2)35(15)16-10-11-20(19(12-16)26(30,31)32)34-24(37)17-13-33-21-7-4-6-18(25(27,28)29)22(21)23(17)36;1-2/h7,10-15,33H,3-6,8-9H2,1-2H3,(H,34,37);1-2H3. The lowest BCUT2D eigenvalue weighted by Gasteiger charge is -2.31. The average Bonchev–Trinajstić information content (AvgIpc) is 3.24. The van der Waals surface area contributed by atoms with Crippen LogP contribution in [0.25, 0.3) is 11.6 Å². The summed E-state index contributed by atoms with van der Waals surface area (Å²) in [5.41, 5.74) is -4.26. The van der Waals surface area contributed by atoms with Crippen LogP contribution in [-0.4, -0.2) is 29.2 Å². The van der Waals surface area contributed by atoms with Crippen LogP contribution in [0.15, 0.2) is 29.2 Å². The molecule has 1 aromatic carbocycles. The summed E-state index contributed by atoms with van der Waals surface area (Å²) < 4.78 is 82.6. The van der Waals surface area contributed by atoms with E-state index in [-0.39, 0.29) is 23.9 Å². The Hall–Kier alpha value is -3.24. The summed E-state index contributed by atoms with van der Waals surface area (Å²) in [7, 11) is 0. The molecule has 2 atom stereocenters. The smallest absolute Gasteiger partial charge is 0.366 e. The molecule has 0 spiro atoms. The van der Waals surface area contributed by atoms with E-state index in [1.165, 1.54) is 12.1 Å². The van der Waals surface area contributed by atoms with Crippen LogP contribution in [0, 0.1) is 0 Å². The van der Waals surface area contributed by atoms with Gasteiger partial charge in [-0.3, -0.25) is 9.59 Å². The normalized spacial score (nSPS) is 19.1. The topological polar surface area (TPSA) is 65.2 Å². The van der Waals surface area contributed by atoms with E-state index in [1.807, 2.05) is 32.6 Å². The molecule has 1 fully saturated rings. The molecular weight excluding hydrogens is 524 g/mol. The maximum Gasteiger partial charge on any atom is 0.418 e. The molecule has 0 radical (unpaired) electrons. The predicted molar refractivity (Wildman–Crippen MR) is 140 cm³/mol. The summed E-state index contributed by atoms with van der Waals surface area (Å²) in [6, 6.07) is 3.73. The van der Waals surface area contributed by atoms with Crippen molar-refractivity contribution in [3.8, 4) is 0 Å². The minimum absolute atomic E-state index is 0.0445. The number of benzene rings is 1. The largest absolute Gasteiger partial charge is 0.418 e. The predicted octanol–water partition coefficient (Wildman–Crippen LogP) is 6.12. The number of carbonyl (C=O) groups is 1. The number of carbonyl (C=O) groups excluding carboxylic acids is 1. The number of halogens is 6. The van der Waals surface area contributed by atoms with E-state index < -0.39 is 57.7 Å². The number of aromatic amines is 1. The van der Waals surface area contributed by atoms with E-state index in [1.54, 1.807) is 0 Å². The summed E-state index contributed by atoms with van der Waals surface area (Å²) in [5.74, 6) is -1.23. The Morgan fingerprint density at radius 1 is 1.10 bits per heavy atom. The van der Waals surface area contributed by atoms with Gasteiger partial charge < -0.3 is 15.2 Å². The average molecular weight is 558 g/mol. The molecule has 2 aliphatic rings. The second-order valence-electron chi connectivity index (χ2n) is 9.50. The van der Waals surface area contributed by atoms with Crippen LogP contribution in [0.3, 0.4) is 0 Å². The lowest BCUT2D eigenvalue weighted by Crippen LogP contribution is -2.49. The zero-order chi connectivity index (χ0) is 29.1. The molecule has 4 rings (SSSR count). The highest BCUT2D eigenvalue weighted by Gasteiger charge is 2.38. The molecule has 1 amide bonds. The van der Waals surface area contributed by atoms with Gasteiger partial charge in [0, 0.05) is 34.9 Å². The number of hydrogen-bond donors (Lipinski definition) is 2. The molecular formula is C28H33F6N3O2. The van der Waals surface area contributed by atoms with E-state index in [0.717, 1.165) is 44.0 Å². The minimum Gasteiger partial charge on any atom is -0.366 e.